The van der Waals surface area contributed by atoms with Gasteiger partial charge in [-0.05, 0) is 50.7 Å². The van der Waals surface area contributed by atoms with Crippen molar-refractivity contribution in [1.82, 2.24) is 9.55 Å². The molecule has 0 radical (unpaired) electrons. The highest BCUT2D eigenvalue weighted by Crippen LogP contribution is 2.28. The number of carbonyl (C=O) groups is 1. The van der Waals surface area contributed by atoms with E-state index in [4.69, 9.17) is 0 Å². The van der Waals surface area contributed by atoms with Gasteiger partial charge in [0, 0.05) is 6.54 Å². The van der Waals surface area contributed by atoms with E-state index in [0.717, 1.165) is 43.6 Å². The summed E-state index contributed by atoms with van der Waals surface area (Å²) in [4.78, 5) is 15.7. The molecule has 1 saturated carbocycles. The lowest BCUT2D eigenvalue weighted by Gasteiger charge is -2.26. The van der Waals surface area contributed by atoms with Crippen LogP contribution in [0.1, 0.15) is 41.9 Å². The summed E-state index contributed by atoms with van der Waals surface area (Å²) in [6, 6.07) is 5.30. The number of aromatic nitrogens is 2. The highest BCUT2D eigenvalue weighted by molar-refractivity contribution is 6.01. The van der Waals surface area contributed by atoms with Crippen LogP contribution < -0.4 is 0 Å². The van der Waals surface area contributed by atoms with Gasteiger partial charge in [0.25, 0.3) is 0 Å². The third-order valence-electron chi connectivity index (χ3n) is 4.46. The van der Waals surface area contributed by atoms with Gasteiger partial charge in [-0.25, -0.2) is 9.78 Å². The number of fused-ring (bicyclic) bond motifs is 1. The lowest BCUT2D eigenvalue weighted by Crippen LogP contribution is -2.22. The molecule has 3 rings (SSSR count). The van der Waals surface area contributed by atoms with E-state index in [-0.39, 0.29) is 11.7 Å². The number of carboxylic acid groups (broad SMARTS) is 1. The van der Waals surface area contributed by atoms with Gasteiger partial charge in [0.15, 0.2) is 0 Å². The first-order valence-corrected chi connectivity index (χ1v) is 7.43. The van der Waals surface area contributed by atoms with Crippen LogP contribution in [0.3, 0.4) is 0 Å². The molecule has 5 nitrogen and oxygen atoms in total. The molecule has 1 aromatic heterocycles. The van der Waals surface area contributed by atoms with Crippen LogP contribution >= 0.6 is 0 Å². The van der Waals surface area contributed by atoms with Crippen LogP contribution in [0.25, 0.3) is 11.0 Å². The van der Waals surface area contributed by atoms with Gasteiger partial charge in [0.05, 0.1) is 17.2 Å². The maximum absolute atomic E-state index is 11.3. The van der Waals surface area contributed by atoms with E-state index in [1.807, 2.05) is 13.0 Å². The maximum atomic E-state index is 11.3. The zero-order valence-electron chi connectivity index (χ0n) is 12.1. The number of rotatable bonds is 3. The van der Waals surface area contributed by atoms with E-state index >= 15 is 0 Å². The number of nitrogens with zero attached hydrogens (tertiary/aromatic N) is 2. The normalized spacial score (nSPS) is 22.6. The van der Waals surface area contributed by atoms with Crippen LogP contribution in [-0.4, -0.2) is 31.8 Å². The Bertz CT molecular complexity index is 669. The van der Waals surface area contributed by atoms with Crippen molar-refractivity contribution in [3.63, 3.8) is 0 Å². The molecule has 0 saturated heterocycles. The van der Waals surface area contributed by atoms with Crippen molar-refractivity contribution in [2.75, 3.05) is 0 Å². The van der Waals surface area contributed by atoms with Crippen LogP contribution in [0, 0.1) is 12.8 Å². The van der Waals surface area contributed by atoms with Crippen LogP contribution in [-0.2, 0) is 6.54 Å². The molecule has 2 aromatic rings. The number of carboxylic acids is 1. The van der Waals surface area contributed by atoms with Gasteiger partial charge >= 0.3 is 5.97 Å². The highest BCUT2D eigenvalue weighted by atomic mass is 16.4. The minimum absolute atomic E-state index is 0.152. The van der Waals surface area contributed by atoms with Crippen LogP contribution in [0.2, 0.25) is 0 Å². The Kier molecular flexibility index (Phi) is 3.68. The van der Waals surface area contributed by atoms with Gasteiger partial charge in [0.1, 0.15) is 11.3 Å². The molecule has 2 N–H and O–H groups in total. The van der Waals surface area contributed by atoms with Crippen molar-refractivity contribution in [1.29, 1.82) is 0 Å². The molecule has 5 heteroatoms. The molecule has 0 unspecified atom stereocenters. The quantitative estimate of drug-likeness (QED) is 0.910. The van der Waals surface area contributed by atoms with E-state index in [9.17, 15) is 15.0 Å². The van der Waals surface area contributed by atoms with E-state index in [1.165, 1.54) is 0 Å². The summed E-state index contributed by atoms with van der Waals surface area (Å²) in [6.45, 7) is 2.77. The average Bonchev–Trinajstić information content (AvgIpc) is 2.77. The van der Waals surface area contributed by atoms with Gasteiger partial charge in [-0.15, -0.1) is 0 Å². The molecule has 0 atom stereocenters. The number of aromatic carboxylic acids is 1. The first-order chi connectivity index (χ1) is 10.1. The molecular formula is C16H20N2O3. The fourth-order valence-electron chi connectivity index (χ4n) is 3.25. The number of hydrogen-bond donors (Lipinski definition) is 2. The van der Waals surface area contributed by atoms with Crippen LogP contribution in [0.4, 0.5) is 0 Å². The van der Waals surface area contributed by atoms with Crippen LogP contribution in [0.15, 0.2) is 18.2 Å². The van der Waals surface area contributed by atoms with Crippen molar-refractivity contribution in [3.05, 3.63) is 29.6 Å². The fourth-order valence-corrected chi connectivity index (χ4v) is 3.25. The predicted octanol–water partition coefficient (Wildman–Crippen LogP) is 2.59. The largest absolute Gasteiger partial charge is 0.478 e. The van der Waals surface area contributed by atoms with E-state index in [0.29, 0.717) is 11.4 Å². The first-order valence-electron chi connectivity index (χ1n) is 7.43. The Morgan fingerprint density at radius 1 is 1.33 bits per heavy atom. The summed E-state index contributed by atoms with van der Waals surface area (Å²) in [7, 11) is 0. The summed E-state index contributed by atoms with van der Waals surface area (Å²) in [5.41, 5.74) is 1.71. The highest BCUT2D eigenvalue weighted by Gasteiger charge is 2.22. The Hall–Kier alpha value is -1.88. The molecule has 21 heavy (non-hydrogen) atoms. The SMILES string of the molecule is Cc1nc2c(C(=O)O)cccc2n1CC1CCC(O)CC1. The standard InChI is InChI=1S/C16H20N2O3/c1-10-17-15-13(16(20)21)3-2-4-14(15)18(10)9-11-5-7-12(19)8-6-11/h2-4,11-12,19H,5-9H2,1H3,(H,20,21). The number of imidazole rings is 1. The van der Waals surface area contributed by atoms with Gasteiger partial charge in [0.2, 0.25) is 0 Å². The Morgan fingerprint density at radius 3 is 2.71 bits per heavy atom. The van der Waals surface area contributed by atoms with Crippen LogP contribution in [0.5, 0.6) is 0 Å². The first kappa shape index (κ1) is 14.1. The van der Waals surface area contributed by atoms with Gasteiger partial charge in [-0.2, -0.15) is 0 Å². The Labute approximate surface area is 123 Å². The summed E-state index contributed by atoms with van der Waals surface area (Å²) in [5.74, 6) is 0.439. The van der Waals surface area contributed by atoms with Crippen molar-refractivity contribution in [3.8, 4) is 0 Å². The lowest BCUT2D eigenvalue weighted by molar-refractivity contribution is 0.0698. The minimum Gasteiger partial charge on any atom is -0.478 e. The second-order valence-electron chi connectivity index (χ2n) is 5.92. The number of benzene rings is 1. The molecular weight excluding hydrogens is 268 g/mol. The van der Waals surface area contributed by atoms with Crippen molar-refractivity contribution >= 4 is 17.0 Å². The predicted molar refractivity (Wildman–Crippen MR) is 79.4 cm³/mol. The second-order valence-corrected chi connectivity index (χ2v) is 5.92. The molecule has 1 fully saturated rings. The molecule has 112 valence electrons. The Balaban J connectivity index is 1.94. The van der Waals surface area contributed by atoms with E-state index in [1.54, 1.807) is 12.1 Å². The van der Waals surface area contributed by atoms with Gasteiger partial charge < -0.3 is 14.8 Å². The third-order valence-corrected chi connectivity index (χ3v) is 4.46. The molecule has 1 aromatic carbocycles. The molecule has 1 heterocycles. The average molecular weight is 288 g/mol. The maximum Gasteiger partial charge on any atom is 0.337 e. The second kappa shape index (κ2) is 5.48. The Morgan fingerprint density at radius 2 is 2.05 bits per heavy atom. The number of para-hydroxylation sites is 1. The van der Waals surface area contributed by atoms with E-state index in [2.05, 4.69) is 9.55 Å². The number of aryl methyl sites for hydroxylation is 1. The number of hydrogen-bond acceptors (Lipinski definition) is 3. The summed E-state index contributed by atoms with van der Waals surface area (Å²) in [5, 5.41) is 18.8. The molecule has 1 aliphatic carbocycles. The van der Waals surface area contributed by atoms with E-state index < -0.39 is 5.97 Å². The van der Waals surface area contributed by atoms with Crippen molar-refractivity contribution in [2.24, 2.45) is 5.92 Å². The van der Waals surface area contributed by atoms with Gasteiger partial charge in [-0.1, -0.05) is 6.07 Å². The zero-order chi connectivity index (χ0) is 15.0. The monoisotopic (exact) mass is 288 g/mol. The molecule has 0 spiro atoms. The zero-order valence-corrected chi connectivity index (χ0v) is 12.1. The molecule has 0 aliphatic heterocycles. The smallest absolute Gasteiger partial charge is 0.337 e. The number of aliphatic hydroxyl groups excluding tert-OH is 1. The summed E-state index contributed by atoms with van der Waals surface area (Å²) in [6.07, 6.45) is 3.59. The molecule has 0 amide bonds. The molecule has 0 bridgehead atoms. The molecule has 1 aliphatic rings. The fraction of sp³-hybridized carbons (Fsp3) is 0.500. The third kappa shape index (κ3) is 2.65. The minimum atomic E-state index is -0.939. The lowest BCUT2D eigenvalue weighted by atomic mass is 9.87. The topological polar surface area (TPSA) is 75.3 Å². The van der Waals surface area contributed by atoms with Crippen molar-refractivity contribution < 1.29 is 15.0 Å². The van der Waals surface area contributed by atoms with Crippen molar-refractivity contribution in [2.45, 2.75) is 45.3 Å². The number of aliphatic hydroxyl groups is 1. The summed E-state index contributed by atoms with van der Waals surface area (Å²) < 4.78 is 2.12. The summed E-state index contributed by atoms with van der Waals surface area (Å²) >= 11 is 0. The van der Waals surface area contributed by atoms with Gasteiger partial charge in [-0.3, -0.25) is 0 Å².